The average Bonchev–Trinajstić information content (AvgIpc) is 2.94. The topological polar surface area (TPSA) is 84.2 Å². The average molecular weight is 323 g/mol. The second kappa shape index (κ2) is 7.04. The molecule has 1 atom stereocenters. The van der Waals surface area contributed by atoms with Gasteiger partial charge in [0.2, 0.25) is 0 Å². The Morgan fingerprint density at radius 3 is 2.55 bits per heavy atom. The summed E-state index contributed by atoms with van der Waals surface area (Å²) in [7, 11) is -3.78. The number of imidazole rings is 1. The van der Waals surface area contributed by atoms with Crippen LogP contribution in [0.15, 0.2) is 47.9 Å². The molecule has 1 heterocycles. The molecule has 0 aliphatic rings. The zero-order chi connectivity index (χ0) is 16.2. The molecule has 0 saturated heterocycles. The van der Waals surface area contributed by atoms with Crippen molar-refractivity contribution >= 4 is 10.0 Å². The molecule has 0 aliphatic carbocycles. The van der Waals surface area contributed by atoms with Crippen LogP contribution in [0.1, 0.15) is 25.5 Å². The Morgan fingerprint density at radius 2 is 1.95 bits per heavy atom. The molecule has 22 heavy (non-hydrogen) atoms. The maximum Gasteiger partial charge on any atom is 0.260 e. The van der Waals surface area contributed by atoms with Crippen LogP contribution in [-0.4, -0.2) is 29.7 Å². The Kier molecular flexibility index (Phi) is 5.33. The minimum absolute atomic E-state index is 0.0393. The van der Waals surface area contributed by atoms with Crippen molar-refractivity contribution in [3.05, 3.63) is 48.4 Å². The summed E-state index contributed by atoms with van der Waals surface area (Å²) in [5.41, 5.74) is 0.704. The Hall–Kier alpha value is -1.70. The third-order valence-corrected chi connectivity index (χ3v) is 4.50. The Bertz CT molecular complexity index is 696. The molecule has 0 radical (unpaired) electrons. The number of aromatic nitrogens is 2. The highest BCUT2D eigenvalue weighted by molar-refractivity contribution is 7.89. The van der Waals surface area contributed by atoms with Gasteiger partial charge in [-0.05, 0) is 11.5 Å². The summed E-state index contributed by atoms with van der Waals surface area (Å²) in [5.74, 6) is 0.396. The number of hydrogen-bond donors (Lipinski definition) is 2. The zero-order valence-electron chi connectivity index (χ0n) is 12.7. The largest absolute Gasteiger partial charge is 0.394 e. The van der Waals surface area contributed by atoms with Crippen LogP contribution < -0.4 is 4.72 Å². The summed E-state index contributed by atoms with van der Waals surface area (Å²) in [6.45, 7) is 4.47. The molecule has 1 aromatic carbocycles. The van der Waals surface area contributed by atoms with Crippen LogP contribution in [0.5, 0.6) is 0 Å². The molecule has 6 nitrogen and oxygen atoms in total. The van der Waals surface area contributed by atoms with Crippen LogP contribution in [0, 0.1) is 5.92 Å². The molecule has 0 saturated carbocycles. The van der Waals surface area contributed by atoms with E-state index < -0.39 is 16.1 Å². The van der Waals surface area contributed by atoms with Crippen molar-refractivity contribution < 1.29 is 13.5 Å². The van der Waals surface area contributed by atoms with Gasteiger partial charge in [-0.1, -0.05) is 44.2 Å². The van der Waals surface area contributed by atoms with Crippen molar-refractivity contribution in [2.45, 2.75) is 31.5 Å². The number of aliphatic hydroxyl groups is 1. The van der Waals surface area contributed by atoms with Crippen molar-refractivity contribution in [2.24, 2.45) is 5.92 Å². The Labute approximate surface area is 130 Å². The molecule has 0 amide bonds. The van der Waals surface area contributed by atoms with Crippen molar-refractivity contribution in [3.63, 3.8) is 0 Å². The first-order valence-corrected chi connectivity index (χ1v) is 8.60. The second-order valence-electron chi connectivity index (χ2n) is 5.57. The molecule has 1 unspecified atom stereocenters. The lowest BCUT2D eigenvalue weighted by molar-refractivity contribution is 0.259. The molecule has 0 fully saturated rings. The van der Waals surface area contributed by atoms with Crippen molar-refractivity contribution in [2.75, 3.05) is 6.61 Å². The number of benzene rings is 1. The van der Waals surface area contributed by atoms with E-state index in [1.165, 1.54) is 12.5 Å². The van der Waals surface area contributed by atoms with Gasteiger partial charge in [0, 0.05) is 12.7 Å². The lowest BCUT2D eigenvalue weighted by Crippen LogP contribution is -2.31. The van der Waals surface area contributed by atoms with Crippen LogP contribution in [0.25, 0.3) is 0 Å². The Balaban J connectivity index is 2.17. The normalized spacial score (nSPS) is 13.5. The SMILES string of the molecule is CC(C)Cn1cnc(S(=O)(=O)NC(CO)c2ccccc2)c1. The van der Waals surface area contributed by atoms with E-state index in [9.17, 15) is 13.5 Å². The van der Waals surface area contributed by atoms with E-state index in [-0.39, 0.29) is 11.6 Å². The minimum atomic E-state index is -3.78. The molecule has 0 bridgehead atoms. The zero-order valence-corrected chi connectivity index (χ0v) is 13.5. The fourth-order valence-electron chi connectivity index (χ4n) is 2.14. The molecule has 0 aliphatic heterocycles. The standard InChI is InChI=1S/C15H21N3O3S/c1-12(2)8-18-9-15(16-11-18)22(20,21)17-14(10-19)13-6-4-3-5-7-13/h3-7,9,11-12,14,17,19H,8,10H2,1-2H3. The molecular weight excluding hydrogens is 302 g/mol. The number of nitrogens with one attached hydrogen (secondary N) is 1. The molecule has 2 aromatic rings. The summed E-state index contributed by atoms with van der Waals surface area (Å²) in [5, 5.41) is 9.42. The summed E-state index contributed by atoms with van der Waals surface area (Å²) < 4.78 is 29.0. The van der Waals surface area contributed by atoms with Crippen LogP contribution >= 0.6 is 0 Å². The highest BCUT2D eigenvalue weighted by Crippen LogP contribution is 2.16. The fraction of sp³-hybridized carbons (Fsp3) is 0.400. The van der Waals surface area contributed by atoms with Gasteiger partial charge >= 0.3 is 0 Å². The van der Waals surface area contributed by atoms with Crippen molar-refractivity contribution in [1.29, 1.82) is 0 Å². The van der Waals surface area contributed by atoms with E-state index in [2.05, 4.69) is 9.71 Å². The number of sulfonamides is 1. The monoisotopic (exact) mass is 323 g/mol. The maximum absolute atomic E-state index is 12.4. The molecular formula is C15H21N3O3S. The van der Waals surface area contributed by atoms with E-state index in [4.69, 9.17) is 0 Å². The van der Waals surface area contributed by atoms with E-state index in [1.54, 1.807) is 28.8 Å². The number of nitrogens with zero attached hydrogens (tertiary/aromatic N) is 2. The van der Waals surface area contributed by atoms with E-state index in [0.717, 1.165) is 0 Å². The third-order valence-electron chi connectivity index (χ3n) is 3.14. The van der Waals surface area contributed by atoms with E-state index >= 15 is 0 Å². The van der Waals surface area contributed by atoms with E-state index in [0.29, 0.717) is 18.0 Å². The molecule has 2 N–H and O–H groups in total. The van der Waals surface area contributed by atoms with Crippen LogP contribution in [0.4, 0.5) is 0 Å². The first-order chi connectivity index (χ1) is 10.4. The second-order valence-corrected chi connectivity index (χ2v) is 7.23. The third kappa shape index (κ3) is 4.16. The molecule has 1 aromatic heterocycles. The van der Waals surface area contributed by atoms with Crippen molar-refractivity contribution in [1.82, 2.24) is 14.3 Å². The lowest BCUT2D eigenvalue weighted by atomic mass is 10.1. The first kappa shape index (κ1) is 16.7. The van der Waals surface area contributed by atoms with Gasteiger partial charge in [-0.25, -0.2) is 13.4 Å². The predicted molar refractivity (Wildman–Crippen MR) is 83.7 cm³/mol. The van der Waals surface area contributed by atoms with Gasteiger partial charge < -0.3 is 9.67 Å². The summed E-state index contributed by atoms with van der Waals surface area (Å²) in [4.78, 5) is 3.95. The first-order valence-electron chi connectivity index (χ1n) is 7.12. The smallest absolute Gasteiger partial charge is 0.260 e. The van der Waals surface area contributed by atoms with Gasteiger partial charge in [0.1, 0.15) is 0 Å². The van der Waals surface area contributed by atoms with Crippen molar-refractivity contribution in [3.8, 4) is 0 Å². The number of rotatable bonds is 7. The van der Waals surface area contributed by atoms with Gasteiger partial charge in [0.05, 0.1) is 19.0 Å². The molecule has 2 rings (SSSR count). The minimum Gasteiger partial charge on any atom is -0.394 e. The van der Waals surface area contributed by atoms with Gasteiger partial charge in [0.25, 0.3) is 10.0 Å². The van der Waals surface area contributed by atoms with Gasteiger partial charge in [0.15, 0.2) is 5.03 Å². The fourth-order valence-corrected chi connectivity index (χ4v) is 3.31. The van der Waals surface area contributed by atoms with Gasteiger partial charge in [-0.2, -0.15) is 4.72 Å². The highest BCUT2D eigenvalue weighted by atomic mass is 32.2. The van der Waals surface area contributed by atoms with E-state index in [1.807, 2.05) is 19.9 Å². The van der Waals surface area contributed by atoms with Gasteiger partial charge in [-0.3, -0.25) is 0 Å². The van der Waals surface area contributed by atoms with Crippen LogP contribution in [0.3, 0.4) is 0 Å². The molecule has 7 heteroatoms. The predicted octanol–water partition coefficient (Wildman–Crippen LogP) is 1.55. The number of hydrogen-bond acceptors (Lipinski definition) is 4. The number of aliphatic hydroxyl groups excluding tert-OH is 1. The van der Waals surface area contributed by atoms with Gasteiger partial charge in [-0.15, -0.1) is 0 Å². The Morgan fingerprint density at radius 1 is 1.27 bits per heavy atom. The lowest BCUT2D eigenvalue weighted by Gasteiger charge is -2.15. The summed E-state index contributed by atoms with van der Waals surface area (Å²) in [6.07, 6.45) is 3.01. The maximum atomic E-state index is 12.4. The molecule has 120 valence electrons. The van der Waals surface area contributed by atoms with Crippen LogP contribution in [-0.2, 0) is 16.6 Å². The summed E-state index contributed by atoms with van der Waals surface area (Å²) in [6, 6.07) is 8.26. The van der Waals surface area contributed by atoms with Crippen LogP contribution in [0.2, 0.25) is 0 Å². The summed E-state index contributed by atoms with van der Waals surface area (Å²) >= 11 is 0. The quantitative estimate of drug-likeness (QED) is 0.810. The molecule has 0 spiro atoms. The highest BCUT2D eigenvalue weighted by Gasteiger charge is 2.23.